The van der Waals surface area contributed by atoms with Crippen LogP contribution in [0.3, 0.4) is 0 Å². The molecule has 3 heterocycles. The molecule has 0 saturated heterocycles. The van der Waals surface area contributed by atoms with Gasteiger partial charge in [-0.3, -0.25) is 4.98 Å². The van der Waals surface area contributed by atoms with Crippen LogP contribution < -0.4 is 15.1 Å². The van der Waals surface area contributed by atoms with Crippen LogP contribution in [-0.4, -0.2) is 4.98 Å². The number of para-hydroxylation sites is 1. The van der Waals surface area contributed by atoms with E-state index in [1.165, 1.54) is 11.1 Å². The van der Waals surface area contributed by atoms with Crippen LogP contribution in [0.1, 0.15) is 18.2 Å². The fraction of sp³-hybridized carbons (Fsp3) is 0.235. The predicted molar refractivity (Wildman–Crippen MR) is 81.7 cm³/mol. The first-order chi connectivity index (χ1) is 11.1. The maximum absolute atomic E-state index is 14.3. The summed E-state index contributed by atoms with van der Waals surface area (Å²) in [5.41, 5.74) is 7.83. The fourth-order valence-corrected chi connectivity index (χ4v) is 3.24. The molecule has 23 heavy (non-hydrogen) atoms. The molecule has 1 aromatic carbocycles. The molecule has 2 atom stereocenters. The maximum Gasteiger partial charge on any atom is 0.183 e. The van der Waals surface area contributed by atoms with E-state index in [-0.39, 0.29) is 17.6 Å². The van der Waals surface area contributed by atoms with Gasteiger partial charge >= 0.3 is 0 Å². The van der Waals surface area contributed by atoms with Crippen LogP contribution in [0.5, 0.6) is 0 Å². The van der Waals surface area contributed by atoms with E-state index in [0.29, 0.717) is 28.5 Å². The monoisotopic (exact) mass is 311 g/mol. The molecule has 0 aliphatic carbocycles. The third-order valence-corrected chi connectivity index (χ3v) is 4.37. The number of aromatic nitrogens is 1. The Morgan fingerprint density at radius 2 is 2.17 bits per heavy atom. The number of pyridine rings is 1. The predicted octanol–water partition coefficient (Wildman–Crippen LogP) is 1.49. The number of hydrogen-bond donors (Lipinski definition) is 1. The van der Waals surface area contributed by atoms with E-state index in [0.717, 1.165) is 11.3 Å². The van der Waals surface area contributed by atoms with Crippen LogP contribution in [0.15, 0.2) is 48.1 Å². The number of allylic oxidation sites excluding steroid dienone is 1. The molecule has 2 aromatic rings. The van der Waals surface area contributed by atoms with E-state index in [1.807, 2.05) is 26.0 Å². The molecular formula is C17H16FN4O-. The SMILES string of the molecule is Cc1ccc(N2[N-][NH+]3C(=C2[O-])C(C)Cc2cccc(F)c23)cn1. The van der Waals surface area contributed by atoms with Gasteiger partial charge in [-0.15, -0.1) is 0 Å². The molecule has 0 bridgehead atoms. The second-order valence-electron chi connectivity index (χ2n) is 6.02. The Hall–Kier alpha value is -2.44. The van der Waals surface area contributed by atoms with Crippen molar-refractivity contribution < 1.29 is 14.5 Å². The number of quaternary nitrogens is 1. The number of nitrogens with one attached hydrogen (secondary N) is 1. The minimum absolute atomic E-state index is 0.0129. The van der Waals surface area contributed by atoms with Crippen molar-refractivity contribution in [2.75, 3.05) is 5.01 Å². The van der Waals surface area contributed by atoms with Crippen molar-refractivity contribution in [2.45, 2.75) is 20.3 Å². The molecular weight excluding hydrogens is 295 g/mol. The molecule has 6 heteroatoms. The van der Waals surface area contributed by atoms with Gasteiger partial charge in [-0.25, -0.2) is 4.39 Å². The Balaban J connectivity index is 1.81. The molecule has 0 amide bonds. The molecule has 0 saturated carbocycles. The number of aryl methyl sites for hydroxylation is 1. The van der Waals surface area contributed by atoms with Crippen LogP contribution in [0, 0.1) is 18.7 Å². The summed E-state index contributed by atoms with van der Waals surface area (Å²) < 4.78 is 14.3. The van der Waals surface area contributed by atoms with E-state index in [4.69, 9.17) is 0 Å². The van der Waals surface area contributed by atoms with Gasteiger partial charge in [0.05, 0.1) is 0 Å². The van der Waals surface area contributed by atoms with Crippen LogP contribution in [-0.2, 0) is 6.42 Å². The van der Waals surface area contributed by atoms with E-state index in [2.05, 4.69) is 10.5 Å². The summed E-state index contributed by atoms with van der Waals surface area (Å²) in [7, 11) is 0. The molecule has 1 aromatic heterocycles. The van der Waals surface area contributed by atoms with E-state index >= 15 is 0 Å². The number of fused-ring (bicyclic) bond motifs is 3. The van der Waals surface area contributed by atoms with Crippen molar-refractivity contribution in [3.63, 3.8) is 0 Å². The lowest BCUT2D eigenvalue weighted by Crippen LogP contribution is -3.02. The highest BCUT2D eigenvalue weighted by Crippen LogP contribution is 2.34. The van der Waals surface area contributed by atoms with Gasteiger partial charge in [0.15, 0.2) is 11.5 Å². The molecule has 118 valence electrons. The average molecular weight is 311 g/mol. The average Bonchev–Trinajstić information content (AvgIpc) is 2.86. The van der Waals surface area contributed by atoms with E-state index in [9.17, 15) is 9.50 Å². The van der Waals surface area contributed by atoms with Gasteiger partial charge in [0.1, 0.15) is 5.70 Å². The zero-order valence-corrected chi connectivity index (χ0v) is 12.9. The first-order valence-electron chi connectivity index (χ1n) is 7.57. The largest absolute Gasteiger partial charge is 0.857 e. The van der Waals surface area contributed by atoms with Crippen molar-refractivity contribution >= 4 is 11.4 Å². The highest BCUT2D eigenvalue weighted by Gasteiger charge is 2.35. The first-order valence-corrected chi connectivity index (χ1v) is 7.57. The number of rotatable bonds is 1. The lowest BCUT2D eigenvalue weighted by molar-refractivity contribution is -0.753. The van der Waals surface area contributed by atoms with Crippen LogP contribution >= 0.6 is 0 Å². The fourth-order valence-electron chi connectivity index (χ4n) is 3.24. The normalized spacial score (nSPS) is 23.0. The summed E-state index contributed by atoms with van der Waals surface area (Å²) in [6.45, 7) is 3.86. The number of halogens is 1. The molecule has 2 aliphatic heterocycles. The number of nitrogens with zero attached hydrogens (tertiary/aromatic N) is 3. The van der Waals surface area contributed by atoms with Gasteiger partial charge in [-0.1, -0.05) is 19.1 Å². The smallest absolute Gasteiger partial charge is 0.183 e. The summed E-state index contributed by atoms with van der Waals surface area (Å²) in [5, 5.41) is 14.6. The van der Waals surface area contributed by atoms with Gasteiger partial charge in [-0.05, 0) is 31.5 Å². The van der Waals surface area contributed by atoms with Crippen LogP contribution in [0.25, 0.3) is 5.53 Å². The molecule has 5 nitrogen and oxygen atoms in total. The van der Waals surface area contributed by atoms with E-state index < -0.39 is 0 Å². The first kappa shape index (κ1) is 14.2. The summed E-state index contributed by atoms with van der Waals surface area (Å²) in [6, 6.07) is 8.64. The quantitative estimate of drug-likeness (QED) is 0.868. The second-order valence-corrected chi connectivity index (χ2v) is 6.02. The van der Waals surface area contributed by atoms with Gasteiger partial charge in [0.2, 0.25) is 0 Å². The van der Waals surface area contributed by atoms with Crippen LogP contribution in [0.2, 0.25) is 0 Å². The highest BCUT2D eigenvalue weighted by molar-refractivity contribution is 5.56. The Labute approximate surface area is 133 Å². The minimum atomic E-state index is -0.331. The molecule has 0 radical (unpaired) electrons. The Kier molecular flexibility index (Phi) is 3.11. The summed E-state index contributed by atoms with van der Waals surface area (Å²) >= 11 is 0. The van der Waals surface area contributed by atoms with Crippen molar-refractivity contribution in [3.05, 3.63) is 70.7 Å². The Morgan fingerprint density at radius 3 is 2.91 bits per heavy atom. The van der Waals surface area contributed by atoms with E-state index in [1.54, 1.807) is 18.3 Å². The lowest BCUT2D eigenvalue weighted by atomic mass is 9.92. The lowest BCUT2D eigenvalue weighted by Gasteiger charge is -2.37. The zero-order valence-electron chi connectivity index (χ0n) is 12.9. The summed E-state index contributed by atoms with van der Waals surface area (Å²) in [5.74, 6) is -0.506. The summed E-state index contributed by atoms with van der Waals surface area (Å²) in [4.78, 5) is 4.21. The Bertz CT molecular complexity index is 803. The van der Waals surface area contributed by atoms with Crippen molar-refractivity contribution in [2.24, 2.45) is 5.92 Å². The third kappa shape index (κ3) is 2.10. The maximum atomic E-state index is 14.3. The Morgan fingerprint density at radius 1 is 1.35 bits per heavy atom. The van der Waals surface area contributed by atoms with Gasteiger partial charge in [0, 0.05) is 34.9 Å². The standard InChI is InChI=1S/C17H17FN4O/c1-10-8-12-4-3-5-14(18)16(12)22-15(10)17(23)21(20-22)13-7-6-11(2)19-9-13/h3-7,9-10,22-23H,8H2,1-2H3/p-1. The van der Waals surface area contributed by atoms with Crippen molar-refractivity contribution in [1.82, 2.24) is 4.98 Å². The second kappa shape index (κ2) is 5.04. The molecule has 1 N–H and O–H groups in total. The highest BCUT2D eigenvalue weighted by atomic mass is 19.1. The topological polar surface area (TPSA) is 57.7 Å². The van der Waals surface area contributed by atoms with Crippen LogP contribution in [0.4, 0.5) is 15.8 Å². The molecule has 4 rings (SSSR count). The van der Waals surface area contributed by atoms with Gasteiger partial charge < -0.3 is 20.7 Å². The molecule has 0 spiro atoms. The van der Waals surface area contributed by atoms with Crippen molar-refractivity contribution in [3.8, 4) is 0 Å². The molecule has 2 aliphatic rings. The summed E-state index contributed by atoms with van der Waals surface area (Å²) in [6.07, 6.45) is 2.26. The number of hydrogen-bond acceptors (Lipinski definition) is 3. The van der Waals surface area contributed by atoms with Crippen molar-refractivity contribution in [1.29, 1.82) is 0 Å². The number of benzene rings is 1. The molecule has 0 fully saturated rings. The zero-order chi connectivity index (χ0) is 16.1. The molecule has 2 unspecified atom stereocenters. The van der Waals surface area contributed by atoms with Gasteiger partial charge in [-0.2, -0.15) is 0 Å². The number of anilines is 1. The third-order valence-electron chi connectivity index (χ3n) is 4.37. The van der Waals surface area contributed by atoms with Gasteiger partial charge in [0.25, 0.3) is 0 Å². The minimum Gasteiger partial charge on any atom is -0.857 e.